The summed E-state index contributed by atoms with van der Waals surface area (Å²) in [6, 6.07) is -0.816. The lowest BCUT2D eigenvalue weighted by Crippen LogP contribution is -2.26. The fourth-order valence-electron chi connectivity index (χ4n) is 0.623. The van der Waals surface area contributed by atoms with Gasteiger partial charge in [-0.15, -0.1) is 0 Å². The van der Waals surface area contributed by atoms with E-state index in [0.29, 0.717) is 6.42 Å². The second-order valence-electron chi connectivity index (χ2n) is 2.73. The van der Waals surface area contributed by atoms with E-state index in [4.69, 9.17) is 0 Å². The number of nitrogens with zero attached hydrogens (tertiary/aromatic N) is 1. The minimum Gasteiger partial charge on any atom is -0.455 e. The molecule has 0 N–H and O–H groups in total. The summed E-state index contributed by atoms with van der Waals surface area (Å²) in [7, 11) is 0. The molecule has 5 heteroatoms. The molecule has 0 amide bonds. The first kappa shape index (κ1) is 11.6. The van der Waals surface area contributed by atoms with Gasteiger partial charge in [-0.3, -0.25) is 10.1 Å². The van der Waals surface area contributed by atoms with Gasteiger partial charge in [0.2, 0.25) is 6.04 Å². The highest BCUT2D eigenvalue weighted by Gasteiger charge is 2.19. The van der Waals surface area contributed by atoms with Gasteiger partial charge in [0, 0.05) is 16.9 Å². The molecular weight excluding hydrogens is 174 g/mol. The van der Waals surface area contributed by atoms with Crippen LogP contribution in [-0.4, -0.2) is 23.5 Å². The van der Waals surface area contributed by atoms with Gasteiger partial charge in [0.15, 0.2) is 6.61 Å². The van der Waals surface area contributed by atoms with E-state index in [1.165, 1.54) is 6.92 Å². The molecule has 0 radical (unpaired) electrons. The number of rotatable bonds is 5. The van der Waals surface area contributed by atoms with E-state index >= 15 is 0 Å². The smallest absolute Gasteiger partial charge is 0.333 e. The third-order valence-electron chi connectivity index (χ3n) is 1.52. The molecule has 0 aromatic rings. The first-order chi connectivity index (χ1) is 5.99. The van der Waals surface area contributed by atoms with Crippen molar-refractivity contribution in [1.29, 1.82) is 0 Å². The standard InChI is InChI=1S/C8H13NO4/c1-4-7(9(11)12)5-13-8(10)6(2)3/h7H,2,4-5H2,1,3H3/t7-/m1/s1. The molecular formula is C8H13NO4. The molecule has 0 fully saturated rings. The molecule has 0 spiro atoms. The lowest BCUT2D eigenvalue weighted by molar-refractivity contribution is -0.525. The van der Waals surface area contributed by atoms with Gasteiger partial charge in [-0.05, 0) is 6.92 Å². The maximum absolute atomic E-state index is 10.8. The summed E-state index contributed by atoms with van der Waals surface area (Å²) in [4.78, 5) is 20.7. The molecule has 0 aliphatic carbocycles. The molecule has 0 aliphatic heterocycles. The predicted octanol–water partition coefficient (Wildman–Crippen LogP) is 1.16. The third-order valence-corrected chi connectivity index (χ3v) is 1.52. The molecule has 0 aliphatic rings. The van der Waals surface area contributed by atoms with Gasteiger partial charge in [0.05, 0.1) is 0 Å². The van der Waals surface area contributed by atoms with Crippen molar-refractivity contribution in [3.63, 3.8) is 0 Å². The quantitative estimate of drug-likeness (QED) is 0.280. The molecule has 13 heavy (non-hydrogen) atoms. The molecule has 0 aromatic heterocycles. The highest BCUT2D eigenvalue weighted by molar-refractivity contribution is 5.86. The highest BCUT2D eigenvalue weighted by atomic mass is 16.6. The van der Waals surface area contributed by atoms with Gasteiger partial charge < -0.3 is 4.74 Å². The van der Waals surface area contributed by atoms with Crippen molar-refractivity contribution >= 4 is 5.97 Å². The Hall–Kier alpha value is -1.39. The molecule has 1 atom stereocenters. The Kier molecular flexibility index (Phi) is 4.72. The van der Waals surface area contributed by atoms with Crippen LogP contribution in [0.3, 0.4) is 0 Å². The molecule has 5 nitrogen and oxygen atoms in total. The van der Waals surface area contributed by atoms with Crippen molar-refractivity contribution in [1.82, 2.24) is 0 Å². The zero-order chi connectivity index (χ0) is 10.4. The van der Waals surface area contributed by atoms with Crippen LogP contribution in [0.5, 0.6) is 0 Å². The van der Waals surface area contributed by atoms with Gasteiger partial charge in [0.25, 0.3) is 0 Å². The molecule has 0 heterocycles. The third kappa shape index (κ3) is 4.25. The monoisotopic (exact) mass is 187 g/mol. The lowest BCUT2D eigenvalue weighted by Gasteiger charge is -2.07. The molecule has 74 valence electrons. The summed E-state index contributed by atoms with van der Waals surface area (Å²) in [5.74, 6) is -0.583. The van der Waals surface area contributed by atoms with Crippen LogP contribution in [0.15, 0.2) is 12.2 Å². The fourth-order valence-corrected chi connectivity index (χ4v) is 0.623. The van der Waals surface area contributed by atoms with E-state index in [9.17, 15) is 14.9 Å². The number of carbonyl (C=O) groups excluding carboxylic acids is 1. The Morgan fingerprint density at radius 2 is 2.23 bits per heavy atom. The van der Waals surface area contributed by atoms with Crippen molar-refractivity contribution < 1.29 is 14.5 Å². The Morgan fingerprint density at radius 1 is 1.69 bits per heavy atom. The van der Waals surface area contributed by atoms with Gasteiger partial charge in [-0.1, -0.05) is 13.5 Å². The van der Waals surface area contributed by atoms with Crippen molar-refractivity contribution in [3.8, 4) is 0 Å². The van der Waals surface area contributed by atoms with Crippen molar-refractivity contribution in [2.24, 2.45) is 0 Å². The van der Waals surface area contributed by atoms with Crippen LogP contribution in [0.2, 0.25) is 0 Å². The van der Waals surface area contributed by atoms with E-state index in [-0.39, 0.29) is 12.2 Å². The highest BCUT2D eigenvalue weighted by Crippen LogP contribution is 1.99. The van der Waals surface area contributed by atoms with Crippen molar-refractivity contribution in [2.45, 2.75) is 26.3 Å². The summed E-state index contributed by atoms with van der Waals surface area (Å²) < 4.78 is 4.64. The molecule has 0 bridgehead atoms. The Bertz CT molecular complexity index is 224. The molecule has 0 saturated heterocycles. The van der Waals surface area contributed by atoms with Crippen molar-refractivity contribution in [2.75, 3.05) is 6.61 Å². The molecule has 0 saturated carbocycles. The summed E-state index contributed by atoms with van der Waals surface area (Å²) >= 11 is 0. The largest absolute Gasteiger partial charge is 0.455 e. The normalized spacial score (nSPS) is 11.8. The SMILES string of the molecule is C=C(C)C(=O)OC[C@@H](CC)[N+](=O)[O-]. The average Bonchev–Trinajstić information content (AvgIpc) is 2.04. The number of esters is 1. The van der Waals surface area contributed by atoms with E-state index in [1.807, 2.05) is 0 Å². The topological polar surface area (TPSA) is 69.4 Å². The fraction of sp³-hybridized carbons (Fsp3) is 0.625. The van der Waals surface area contributed by atoms with E-state index in [1.54, 1.807) is 6.92 Å². The summed E-state index contributed by atoms with van der Waals surface area (Å²) in [5, 5.41) is 10.3. The Labute approximate surface area is 76.5 Å². The van der Waals surface area contributed by atoms with E-state index in [2.05, 4.69) is 11.3 Å². The Balaban J connectivity index is 3.92. The zero-order valence-corrected chi connectivity index (χ0v) is 7.78. The Morgan fingerprint density at radius 3 is 2.54 bits per heavy atom. The predicted molar refractivity (Wildman–Crippen MR) is 46.8 cm³/mol. The number of hydrogen-bond acceptors (Lipinski definition) is 4. The molecule has 0 unspecified atom stereocenters. The number of hydrogen-bond donors (Lipinski definition) is 0. The minimum atomic E-state index is -0.816. The maximum Gasteiger partial charge on any atom is 0.333 e. The van der Waals surface area contributed by atoms with Crippen LogP contribution >= 0.6 is 0 Å². The first-order valence-corrected chi connectivity index (χ1v) is 3.95. The number of carbonyl (C=O) groups is 1. The van der Waals surface area contributed by atoms with Gasteiger partial charge in [-0.2, -0.15) is 0 Å². The van der Waals surface area contributed by atoms with Crippen LogP contribution < -0.4 is 0 Å². The first-order valence-electron chi connectivity index (χ1n) is 3.95. The summed E-state index contributed by atoms with van der Waals surface area (Å²) in [6.45, 7) is 6.34. The summed E-state index contributed by atoms with van der Waals surface area (Å²) in [6.07, 6.45) is 0.344. The van der Waals surface area contributed by atoms with Crippen LogP contribution in [-0.2, 0) is 9.53 Å². The minimum absolute atomic E-state index is 0.185. The number of ether oxygens (including phenoxy) is 1. The van der Waals surface area contributed by atoms with Gasteiger partial charge in [0.1, 0.15) is 0 Å². The van der Waals surface area contributed by atoms with Crippen LogP contribution in [0.25, 0.3) is 0 Å². The second kappa shape index (κ2) is 5.29. The van der Waals surface area contributed by atoms with Crippen LogP contribution in [0.4, 0.5) is 0 Å². The molecule has 0 rings (SSSR count). The second-order valence-corrected chi connectivity index (χ2v) is 2.73. The van der Waals surface area contributed by atoms with E-state index in [0.717, 1.165) is 0 Å². The van der Waals surface area contributed by atoms with Crippen molar-refractivity contribution in [3.05, 3.63) is 22.3 Å². The zero-order valence-electron chi connectivity index (χ0n) is 7.78. The van der Waals surface area contributed by atoms with Gasteiger partial charge in [-0.25, -0.2) is 4.79 Å². The van der Waals surface area contributed by atoms with E-state index < -0.39 is 16.9 Å². The van der Waals surface area contributed by atoms with Gasteiger partial charge >= 0.3 is 5.97 Å². The average molecular weight is 187 g/mol. The van der Waals surface area contributed by atoms with Crippen LogP contribution in [0.1, 0.15) is 20.3 Å². The molecule has 0 aromatic carbocycles. The number of nitro groups is 1. The maximum atomic E-state index is 10.8. The summed E-state index contributed by atoms with van der Waals surface area (Å²) in [5.41, 5.74) is 0.248. The van der Waals surface area contributed by atoms with Crippen LogP contribution in [0, 0.1) is 10.1 Å². The lowest BCUT2D eigenvalue weighted by atomic mass is 10.2.